The van der Waals surface area contributed by atoms with Gasteiger partial charge in [0.2, 0.25) is 0 Å². The van der Waals surface area contributed by atoms with E-state index in [1.165, 1.54) is 0 Å². The number of hydrogen-bond donors (Lipinski definition) is 4. The van der Waals surface area contributed by atoms with Crippen molar-refractivity contribution in [2.45, 2.75) is 19.4 Å². The van der Waals surface area contributed by atoms with E-state index in [-0.39, 0.29) is 12.3 Å². The molecule has 2 aromatic rings. The van der Waals surface area contributed by atoms with E-state index in [2.05, 4.69) is 10.5 Å². The van der Waals surface area contributed by atoms with Crippen LogP contribution in [0.4, 0.5) is 5.69 Å². The fourth-order valence-corrected chi connectivity index (χ4v) is 2.12. The lowest BCUT2D eigenvalue weighted by Crippen LogP contribution is -2.32. The second kappa shape index (κ2) is 8.07. The molecule has 0 spiro atoms. The van der Waals surface area contributed by atoms with E-state index in [1.807, 2.05) is 0 Å². The second-order valence-corrected chi connectivity index (χ2v) is 5.61. The molecule has 1 atom stereocenters. The number of nitrogens with zero attached hydrogens (tertiary/aromatic N) is 1. The van der Waals surface area contributed by atoms with Crippen LogP contribution in [0.5, 0.6) is 0 Å². The van der Waals surface area contributed by atoms with Gasteiger partial charge >= 0.3 is 5.97 Å². The molecular formula is C18H20N4O3. The molecule has 0 saturated heterocycles. The Kier molecular flexibility index (Phi) is 5.86. The quantitative estimate of drug-likeness (QED) is 0.358. The van der Waals surface area contributed by atoms with E-state index in [0.717, 1.165) is 11.1 Å². The van der Waals surface area contributed by atoms with Gasteiger partial charge in [0, 0.05) is 11.3 Å². The van der Waals surface area contributed by atoms with Crippen LogP contribution < -0.4 is 16.9 Å². The fourth-order valence-electron chi connectivity index (χ4n) is 2.12. The molecule has 1 amide bonds. The minimum atomic E-state index is -1.03. The maximum absolute atomic E-state index is 12.0. The lowest BCUT2D eigenvalue weighted by Gasteiger charge is -2.08. The standard InChI is InChI=1S/C18H20N4O3/c1-11(21-22-17(23)14-6-8-15(19)9-7-14)13-4-2-12(3-5-13)10-16(20)18(24)25/h2-9,16H,10,19-20H2,1H3,(H,22,23)(H,24,25)/b21-11-/t16-/m0/s1. The second-order valence-electron chi connectivity index (χ2n) is 5.61. The predicted octanol–water partition coefficient (Wildman–Crippen LogP) is 1.38. The van der Waals surface area contributed by atoms with Crippen LogP contribution in [0.25, 0.3) is 0 Å². The van der Waals surface area contributed by atoms with Crippen LogP contribution in [0.2, 0.25) is 0 Å². The molecule has 0 unspecified atom stereocenters. The van der Waals surface area contributed by atoms with Crippen LogP contribution >= 0.6 is 0 Å². The van der Waals surface area contributed by atoms with Gasteiger partial charge in [0.15, 0.2) is 0 Å². The van der Waals surface area contributed by atoms with Crippen LogP contribution in [-0.4, -0.2) is 28.7 Å². The molecule has 0 radical (unpaired) electrons. The van der Waals surface area contributed by atoms with E-state index >= 15 is 0 Å². The third-order valence-electron chi connectivity index (χ3n) is 3.64. The Labute approximate surface area is 145 Å². The first-order chi connectivity index (χ1) is 11.9. The number of carboxylic acid groups (broad SMARTS) is 1. The Balaban J connectivity index is 2.00. The first-order valence-corrected chi connectivity index (χ1v) is 7.64. The van der Waals surface area contributed by atoms with E-state index in [0.29, 0.717) is 17.0 Å². The summed E-state index contributed by atoms with van der Waals surface area (Å²) in [5, 5.41) is 12.9. The highest BCUT2D eigenvalue weighted by atomic mass is 16.4. The first kappa shape index (κ1) is 18.2. The Morgan fingerprint density at radius 3 is 2.20 bits per heavy atom. The lowest BCUT2D eigenvalue weighted by molar-refractivity contribution is -0.138. The maximum atomic E-state index is 12.0. The van der Waals surface area contributed by atoms with Crippen molar-refractivity contribution < 1.29 is 14.7 Å². The Bertz CT molecular complexity index is 783. The number of nitrogens with one attached hydrogen (secondary N) is 1. The number of nitrogens with two attached hydrogens (primary N) is 2. The minimum absolute atomic E-state index is 0.250. The third kappa shape index (κ3) is 5.15. The van der Waals surface area contributed by atoms with Crippen molar-refractivity contribution in [3.63, 3.8) is 0 Å². The molecule has 0 bridgehead atoms. The van der Waals surface area contributed by atoms with Crippen molar-refractivity contribution in [1.82, 2.24) is 5.43 Å². The molecule has 0 aliphatic carbocycles. The average Bonchev–Trinajstić information content (AvgIpc) is 2.60. The lowest BCUT2D eigenvalue weighted by atomic mass is 10.0. The van der Waals surface area contributed by atoms with Crippen molar-refractivity contribution in [1.29, 1.82) is 0 Å². The molecule has 7 nitrogen and oxygen atoms in total. The summed E-state index contributed by atoms with van der Waals surface area (Å²) >= 11 is 0. The summed E-state index contributed by atoms with van der Waals surface area (Å²) in [7, 11) is 0. The summed E-state index contributed by atoms with van der Waals surface area (Å²) in [6.45, 7) is 1.77. The molecule has 0 fully saturated rings. The van der Waals surface area contributed by atoms with E-state index < -0.39 is 12.0 Å². The summed E-state index contributed by atoms with van der Waals surface area (Å²) in [5.74, 6) is -1.37. The van der Waals surface area contributed by atoms with E-state index in [1.54, 1.807) is 55.5 Å². The highest BCUT2D eigenvalue weighted by molar-refractivity contribution is 6.00. The van der Waals surface area contributed by atoms with Gasteiger partial charge in [-0.05, 0) is 48.7 Å². The number of hydrogen-bond acceptors (Lipinski definition) is 5. The van der Waals surface area contributed by atoms with Gasteiger partial charge in [-0.2, -0.15) is 5.10 Å². The number of rotatable bonds is 6. The van der Waals surface area contributed by atoms with Gasteiger partial charge in [0.1, 0.15) is 6.04 Å². The number of anilines is 1. The smallest absolute Gasteiger partial charge is 0.320 e. The number of aliphatic carboxylic acids is 1. The molecule has 2 aromatic carbocycles. The van der Waals surface area contributed by atoms with Gasteiger partial charge in [-0.3, -0.25) is 9.59 Å². The largest absolute Gasteiger partial charge is 0.480 e. The summed E-state index contributed by atoms with van der Waals surface area (Å²) in [4.78, 5) is 22.8. The zero-order valence-corrected chi connectivity index (χ0v) is 13.8. The number of nitrogen functional groups attached to an aromatic ring is 1. The normalized spacial score (nSPS) is 12.5. The molecule has 0 aliphatic rings. The highest BCUT2D eigenvalue weighted by Crippen LogP contribution is 2.08. The van der Waals surface area contributed by atoms with Crippen LogP contribution in [-0.2, 0) is 11.2 Å². The first-order valence-electron chi connectivity index (χ1n) is 7.64. The summed E-state index contributed by atoms with van der Waals surface area (Å²) in [5.41, 5.74) is 16.9. The van der Waals surface area contributed by atoms with Crippen LogP contribution in [0.1, 0.15) is 28.4 Å². The van der Waals surface area contributed by atoms with Gasteiger partial charge in [-0.25, -0.2) is 5.43 Å². The van der Waals surface area contributed by atoms with Gasteiger partial charge < -0.3 is 16.6 Å². The summed E-state index contributed by atoms with van der Waals surface area (Å²) in [6, 6.07) is 12.8. The zero-order chi connectivity index (χ0) is 18.4. The van der Waals surface area contributed by atoms with Crippen LogP contribution in [0.15, 0.2) is 53.6 Å². The van der Waals surface area contributed by atoms with Crippen LogP contribution in [0.3, 0.4) is 0 Å². The molecule has 6 N–H and O–H groups in total. The van der Waals surface area contributed by atoms with E-state index in [9.17, 15) is 9.59 Å². The number of hydrazone groups is 1. The molecule has 0 saturated carbocycles. The van der Waals surface area contributed by atoms with Crippen LogP contribution in [0, 0.1) is 0 Å². The van der Waals surface area contributed by atoms with Crippen molar-refractivity contribution in [2.75, 3.05) is 5.73 Å². The molecule has 25 heavy (non-hydrogen) atoms. The summed E-state index contributed by atoms with van der Waals surface area (Å²) < 4.78 is 0. The van der Waals surface area contributed by atoms with Gasteiger partial charge in [0.05, 0.1) is 5.71 Å². The maximum Gasteiger partial charge on any atom is 0.320 e. The van der Waals surface area contributed by atoms with Crippen molar-refractivity contribution in [2.24, 2.45) is 10.8 Å². The van der Waals surface area contributed by atoms with Gasteiger partial charge in [0.25, 0.3) is 5.91 Å². The van der Waals surface area contributed by atoms with Gasteiger partial charge in [-0.15, -0.1) is 0 Å². The molecule has 0 heterocycles. The highest BCUT2D eigenvalue weighted by Gasteiger charge is 2.12. The molecular weight excluding hydrogens is 320 g/mol. The van der Waals surface area contributed by atoms with Gasteiger partial charge in [-0.1, -0.05) is 24.3 Å². The molecule has 0 aromatic heterocycles. The Hall–Kier alpha value is -3.19. The molecule has 7 heteroatoms. The summed E-state index contributed by atoms with van der Waals surface area (Å²) in [6.07, 6.45) is 0.250. The number of benzene rings is 2. The van der Waals surface area contributed by atoms with Crippen molar-refractivity contribution in [3.8, 4) is 0 Å². The zero-order valence-electron chi connectivity index (χ0n) is 13.8. The number of carbonyl (C=O) groups excluding carboxylic acids is 1. The minimum Gasteiger partial charge on any atom is -0.480 e. The topological polar surface area (TPSA) is 131 Å². The van der Waals surface area contributed by atoms with Crippen molar-refractivity contribution >= 4 is 23.3 Å². The SMILES string of the molecule is C/C(=N/NC(=O)c1ccc(N)cc1)c1ccc(C[C@H](N)C(=O)O)cc1. The monoisotopic (exact) mass is 340 g/mol. The fraction of sp³-hybridized carbons (Fsp3) is 0.167. The third-order valence-corrected chi connectivity index (χ3v) is 3.64. The molecule has 0 aliphatic heterocycles. The van der Waals surface area contributed by atoms with Crippen molar-refractivity contribution in [3.05, 3.63) is 65.2 Å². The Morgan fingerprint density at radius 2 is 1.64 bits per heavy atom. The van der Waals surface area contributed by atoms with E-state index in [4.69, 9.17) is 16.6 Å². The average molecular weight is 340 g/mol. The predicted molar refractivity (Wildman–Crippen MR) is 96.3 cm³/mol. The Morgan fingerprint density at radius 1 is 1.08 bits per heavy atom. The number of amides is 1. The molecule has 130 valence electrons. The number of carboxylic acids is 1. The molecule has 2 rings (SSSR count). The number of carbonyl (C=O) groups is 2.